The molecule has 1 atom stereocenters. The van der Waals surface area contributed by atoms with Gasteiger partial charge in [-0.15, -0.1) is 0 Å². The first kappa shape index (κ1) is 17.2. The molecule has 0 aromatic heterocycles. The van der Waals surface area contributed by atoms with Crippen LogP contribution < -0.4 is 5.73 Å². The summed E-state index contributed by atoms with van der Waals surface area (Å²) in [5.74, 6) is 0.648. The summed E-state index contributed by atoms with van der Waals surface area (Å²) >= 11 is 0. The molecule has 3 nitrogen and oxygen atoms in total. The predicted octanol–water partition coefficient (Wildman–Crippen LogP) is 2.51. The summed E-state index contributed by atoms with van der Waals surface area (Å²) in [6.45, 7) is 10.6. The van der Waals surface area contributed by atoms with Gasteiger partial charge in [-0.05, 0) is 38.1 Å². The summed E-state index contributed by atoms with van der Waals surface area (Å²) in [6.07, 6.45) is 0. The van der Waals surface area contributed by atoms with Gasteiger partial charge in [0.25, 0.3) is 0 Å². The fraction of sp³-hybridized carbons (Fsp3) is 0.647. The molecule has 0 heterocycles. The van der Waals surface area contributed by atoms with Crippen LogP contribution in [0.5, 0.6) is 0 Å². The lowest BCUT2D eigenvalue weighted by atomic mass is 9.99. The maximum atomic E-state index is 6.10. The number of likely N-dealkylation sites (N-methyl/N-ethyl adjacent to an activating group) is 1. The molecule has 1 unspecified atom stereocenters. The second kappa shape index (κ2) is 8.40. The standard InChI is InChI=1S/C17H31N3/c1-14(2)13-20(11-10-19(4)5)17(12-18)16-9-7-6-8-15(16)3/h6-9,14,17H,10-13,18H2,1-5H3. The number of hydrogen-bond acceptors (Lipinski definition) is 3. The Balaban J connectivity index is 2.92. The van der Waals surface area contributed by atoms with Gasteiger partial charge in [0.05, 0.1) is 0 Å². The van der Waals surface area contributed by atoms with E-state index in [2.05, 4.69) is 68.9 Å². The SMILES string of the molecule is Cc1ccccc1C(CN)N(CCN(C)C)CC(C)C. The molecule has 1 rings (SSSR count). The minimum Gasteiger partial charge on any atom is -0.329 e. The third-order valence-electron chi connectivity index (χ3n) is 3.65. The highest BCUT2D eigenvalue weighted by Gasteiger charge is 2.21. The maximum absolute atomic E-state index is 6.10. The van der Waals surface area contributed by atoms with Crippen molar-refractivity contribution in [3.8, 4) is 0 Å². The van der Waals surface area contributed by atoms with Gasteiger partial charge >= 0.3 is 0 Å². The first-order valence-electron chi connectivity index (χ1n) is 7.60. The fourth-order valence-electron chi connectivity index (χ4n) is 2.61. The summed E-state index contributed by atoms with van der Waals surface area (Å²) in [5.41, 5.74) is 8.81. The molecule has 0 bridgehead atoms. The van der Waals surface area contributed by atoms with Crippen LogP contribution in [0.25, 0.3) is 0 Å². The van der Waals surface area contributed by atoms with Gasteiger partial charge in [-0.2, -0.15) is 0 Å². The number of benzene rings is 1. The van der Waals surface area contributed by atoms with E-state index in [9.17, 15) is 0 Å². The Kier molecular flexibility index (Phi) is 7.20. The number of rotatable bonds is 8. The first-order chi connectivity index (χ1) is 9.45. The molecule has 0 spiro atoms. The van der Waals surface area contributed by atoms with Gasteiger partial charge in [0.15, 0.2) is 0 Å². The zero-order valence-corrected chi connectivity index (χ0v) is 13.8. The highest BCUT2D eigenvalue weighted by molar-refractivity contribution is 5.29. The van der Waals surface area contributed by atoms with Crippen LogP contribution in [0.3, 0.4) is 0 Å². The lowest BCUT2D eigenvalue weighted by molar-refractivity contribution is 0.163. The van der Waals surface area contributed by atoms with Gasteiger partial charge < -0.3 is 10.6 Å². The summed E-state index contributed by atoms with van der Waals surface area (Å²) in [7, 11) is 4.25. The molecule has 0 amide bonds. The predicted molar refractivity (Wildman–Crippen MR) is 87.9 cm³/mol. The van der Waals surface area contributed by atoms with Crippen molar-refractivity contribution in [2.45, 2.75) is 26.8 Å². The summed E-state index contributed by atoms with van der Waals surface area (Å²) in [5, 5.41) is 0. The van der Waals surface area contributed by atoms with Crippen molar-refractivity contribution in [1.29, 1.82) is 0 Å². The van der Waals surface area contributed by atoms with Crippen molar-refractivity contribution >= 4 is 0 Å². The van der Waals surface area contributed by atoms with E-state index in [-0.39, 0.29) is 0 Å². The van der Waals surface area contributed by atoms with E-state index in [1.165, 1.54) is 11.1 Å². The lowest BCUT2D eigenvalue weighted by Gasteiger charge is -2.34. The minimum atomic E-state index is 0.318. The highest BCUT2D eigenvalue weighted by Crippen LogP contribution is 2.23. The quantitative estimate of drug-likeness (QED) is 0.792. The van der Waals surface area contributed by atoms with E-state index < -0.39 is 0 Å². The van der Waals surface area contributed by atoms with E-state index in [1.807, 2.05) is 0 Å². The molecule has 0 aliphatic carbocycles. The molecule has 0 aliphatic rings. The molecular weight excluding hydrogens is 246 g/mol. The molecule has 20 heavy (non-hydrogen) atoms. The second-order valence-electron chi connectivity index (χ2n) is 6.30. The molecule has 0 aliphatic heterocycles. The number of nitrogens with zero attached hydrogens (tertiary/aromatic N) is 2. The van der Waals surface area contributed by atoms with Gasteiger partial charge in [0, 0.05) is 32.2 Å². The topological polar surface area (TPSA) is 32.5 Å². The average Bonchev–Trinajstić information content (AvgIpc) is 2.38. The fourth-order valence-corrected chi connectivity index (χ4v) is 2.61. The number of hydrogen-bond donors (Lipinski definition) is 1. The molecule has 0 saturated heterocycles. The second-order valence-corrected chi connectivity index (χ2v) is 6.30. The van der Waals surface area contributed by atoms with E-state index in [4.69, 9.17) is 5.73 Å². The van der Waals surface area contributed by atoms with Crippen molar-refractivity contribution in [1.82, 2.24) is 9.80 Å². The molecule has 0 radical (unpaired) electrons. The largest absolute Gasteiger partial charge is 0.329 e. The number of aryl methyl sites for hydroxylation is 1. The van der Waals surface area contributed by atoms with E-state index in [0.29, 0.717) is 18.5 Å². The van der Waals surface area contributed by atoms with Gasteiger partial charge in [0.1, 0.15) is 0 Å². The molecule has 2 N–H and O–H groups in total. The van der Waals surface area contributed by atoms with E-state index >= 15 is 0 Å². The third kappa shape index (κ3) is 5.23. The van der Waals surface area contributed by atoms with Crippen LogP contribution in [-0.2, 0) is 0 Å². The minimum absolute atomic E-state index is 0.318. The first-order valence-corrected chi connectivity index (χ1v) is 7.60. The van der Waals surface area contributed by atoms with Crippen molar-refractivity contribution in [2.24, 2.45) is 11.7 Å². The van der Waals surface area contributed by atoms with Gasteiger partial charge in [-0.3, -0.25) is 4.90 Å². The van der Waals surface area contributed by atoms with Gasteiger partial charge in [0.2, 0.25) is 0 Å². The Morgan fingerprint density at radius 2 is 1.75 bits per heavy atom. The normalized spacial score (nSPS) is 13.4. The third-order valence-corrected chi connectivity index (χ3v) is 3.65. The zero-order chi connectivity index (χ0) is 15.1. The van der Waals surface area contributed by atoms with Crippen LogP contribution in [0.2, 0.25) is 0 Å². The van der Waals surface area contributed by atoms with Crippen molar-refractivity contribution in [2.75, 3.05) is 40.3 Å². The van der Waals surface area contributed by atoms with Crippen molar-refractivity contribution < 1.29 is 0 Å². The van der Waals surface area contributed by atoms with E-state index in [1.54, 1.807) is 0 Å². The molecule has 1 aromatic rings. The monoisotopic (exact) mass is 277 g/mol. The van der Waals surface area contributed by atoms with Crippen LogP contribution in [0, 0.1) is 12.8 Å². The van der Waals surface area contributed by atoms with E-state index in [0.717, 1.165) is 19.6 Å². The number of nitrogens with two attached hydrogens (primary N) is 1. The van der Waals surface area contributed by atoms with Crippen molar-refractivity contribution in [3.63, 3.8) is 0 Å². The Hall–Kier alpha value is -0.900. The highest BCUT2D eigenvalue weighted by atomic mass is 15.2. The van der Waals surface area contributed by atoms with Gasteiger partial charge in [-0.25, -0.2) is 0 Å². The summed E-state index contributed by atoms with van der Waals surface area (Å²) in [4.78, 5) is 4.77. The molecule has 114 valence electrons. The molecular formula is C17H31N3. The molecule has 3 heteroatoms. The van der Waals surface area contributed by atoms with Crippen LogP contribution in [0.15, 0.2) is 24.3 Å². The smallest absolute Gasteiger partial charge is 0.0473 e. The molecule has 0 fully saturated rings. The van der Waals surface area contributed by atoms with Crippen LogP contribution >= 0.6 is 0 Å². The van der Waals surface area contributed by atoms with Crippen LogP contribution in [0.1, 0.15) is 31.0 Å². The van der Waals surface area contributed by atoms with Crippen molar-refractivity contribution in [3.05, 3.63) is 35.4 Å². The zero-order valence-electron chi connectivity index (χ0n) is 13.8. The van der Waals surface area contributed by atoms with Crippen LogP contribution in [-0.4, -0.2) is 50.1 Å². The average molecular weight is 277 g/mol. The summed E-state index contributed by atoms with van der Waals surface area (Å²) in [6, 6.07) is 8.93. The summed E-state index contributed by atoms with van der Waals surface area (Å²) < 4.78 is 0. The Labute approximate surface area is 124 Å². The van der Waals surface area contributed by atoms with Gasteiger partial charge in [-0.1, -0.05) is 38.1 Å². The maximum Gasteiger partial charge on any atom is 0.0473 e. The van der Waals surface area contributed by atoms with Crippen LogP contribution in [0.4, 0.5) is 0 Å². The lowest BCUT2D eigenvalue weighted by Crippen LogP contribution is -2.40. The Bertz CT molecular complexity index is 388. The molecule has 0 saturated carbocycles. The molecule has 1 aromatic carbocycles. The Morgan fingerprint density at radius 1 is 1.10 bits per heavy atom. The Morgan fingerprint density at radius 3 is 2.25 bits per heavy atom.